The van der Waals surface area contributed by atoms with Crippen molar-refractivity contribution in [2.45, 2.75) is 283 Å². The van der Waals surface area contributed by atoms with Crippen LogP contribution in [-0.4, -0.2) is 36.4 Å². The Morgan fingerprint density at radius 1 is 0.390 bits per heavy atom. The number of rotatable bonds is 48. The molecular weight excluding hydrogens is 729 g/mol. The number of unbranched alkanes of at least 4 members (excludes halogenated alkanes) is 34. The Morgan fingerprint density at radius 2 is 0.678 bits per heavy atom. The summed E-state index contributed by atoms with van der Waals surface area (Å²) in [6.07, 6.45) is 64.5. The molecule has 0 fully saturated rings. The van der Waals surface area contributed by atoms with Crippen LogP contribution in [0.2, 0.25) is 0 Å². The van der Waals surface area contributed by atoms with Crippen molar-refractivity contribution < 1.29 is 24.2 Å². The fourth-order valence-corrected chi connectivity index (χ4v) is 7.74. The average molecular weight is 829 g/mol. The molecule has 1 atom stereocenters. The lowest BCUT2D eigenvalue weighted by atomic mass is 10.0. The van der Waals surface area contributed by atoms with Crippen LogP contribution >= 0.6 is 0 Å². The van der Waals surface area contributed by atoms with Crippen molar-refractivity contribution in [2.24, 2.45) is 0 Å². The molecule has 5 nitrogen and oxygen atoms in total. The molecule has 0 aliphatic heterocycles. The summed E-state index contributed by atoms with van der Waals surface area (Å²) in [6.45, 7) is 4.08. The minimum Gasteiger partial charge on any atom is -0.462 e. The van der Waals surface area contributed by atoms with Crippen molar-refractivity contribution in [1.29, 1.82) is 0 Å². The van der Waals surface area contributed by atoms with Crippen molar-refractivity contribution in [3.63, 3.8) is 0 Å². The molecule has 59 heavy (non-hydrogen) atoms. The molecule has 1 unspecified atom stereocenters. The van der Waals surface area contributed by atoms with Crippen LogP contribution in [0.1, 0.15) is 277 Å². The number of hydrogen-bond donors (Lipinski definition) is 1. The zero-order chi connectivity index (χ0) is 42.8. The minimum absolute atomic E-state index is 0.0614. The summed E-state index contributed by atoms with van der Waals surface area (Å²) < 4.78 is 10.6. The fourth-order valence-electron chi connectivity index (χ4n) is 7.74. The molecule has 0 heterocycles. The van der Waals surface area contributed by atoms with Crippen molar-refractivity contribution >= 4 is 11.9 Å². The SMILES string of the molecule is CCCCCCC/C=C\C/C=C\C/C=C\CCCCCCCCCCCCCCCCCCCCCCCCCCC(=O)OC(CO)COC(=O)CCCCCCCC. The van der Waals surface area contributed by atoms with Gasteiger partial charge in [-0.25, -0.2) is 0 Å². The summed E-state index contributed by atoms with van der Waals surface area (Å²) >= 11 is 0. The maximum atomic E-state index is 12.2. The summed E-state index contributed by atoms with van der Waals surface area (Å²) in [5.41, 5.74) is 0. The van der Waals surface area contributed by atoms with E-state index < -0.39 is 6.10 Å². The van der Waals surface area contributed by atoms with Crippen LogP contribution in [0.3, 0.4) is 0 Å². The summed E-state index contributed by atoms with van der Waals surface area (Å²) in [4.78, 5) is 24.1. The zero-order valence-electron chi connectivity index (χ0n) is 39.5. The molecule has 0 saturated heterocycles. The third-order valence-corrected chi connectivity index (χ3v) is 11.7. The maximum absolute atomic E-state index is 12.2. The van der Waals surface area contributed by atoms with Gasteiger partial charge in [-0.1, -0.05) is 249 Å². The molecule has 0 radical (unpaired) electrons. The lowest BCUT2D eigenvalue weighted by molar-refractivity contribution is -0.161. The molecule has 0 aromatic carbocycles. The number of aliphatic hydroxyl groups is 1. The molecule has 0 aliphatic rings. The molecule has 0 amide bonds. The molecule has 0 aliphatic carbocycles. The molecular formula is C54H100O5. The van der Waals surface area contributed by atoms with Gasteiger partial charge < -0.3 is 14.6 Å². The van der Waals surface area contributed by atoms with Gasteiger partial charge in [0.2, 0.25) is 0 Å². The van der Waals surface area contributed by atoms with E-state index in [9.17, 15) is 14.7 Å². The van der Waals surface area contributed by atoms with E-state index in [1.807, 2.05) is 0 Å². The van der Waals surface area contributed by atoms with Gasteiger partial charge in [-0.3, -0.25) is 9.59 Å². The summed E-state index contributed by atoms with van der Waals surface area (Å²) in [5, 5.41) is 9.52. The van der Waals surface area contributed by atoms with Gasteiger partial charge in [0.15, 0.2) is 6.10 Å². The first-order chi connectivity index (χ1) is 29.1. The van der Waals surface area contributed by atoms with E-state index in [-0.39, 0.29) is 25.2 Å². The van der Waals surface area contributed by atoms with Crippen molar-refractivity contribution in [3.05, 3.63) is 36.5 Å². The smallest absolute Gasteiger partial charge is 0.306 e. The summed E-state index contributed by atoms with van der Waals surface area (Å²) in [5.74, 6) is -0.589. The Kier molecular flexibility index (Phi) is 48.9. The minimum atomic E-state index is -0.763. The van der Waals surface area contributed by atoms with Gasteiger partial charge in [0.1, 0.15) is 6.61 Å². The van der Waals surface area contributed by atoms with Crippen LogP contribution in [0, 0.1) is 0 Å². The van der Waals surface area contributed by atoms with Crippen LogP contribution in [0.25, 0.3) is 0 Å². The van der Waals surface area contributed by atoms with E-state index in [4.69, 9.17) is 9.47 Å². The number of carbonyl (C=O) groups excluding carboxylic acids is 2. The molecule has 5 heteroatoms. The van der Waals surface area contributed by atoms with Crippen LogP contribution < -0.4 is 0 Å². The van der Waals surface area contributed by atoms with E-state index >= 15 is 0 Å². The number of carbonyl (C=O) groups is 2. The molecule has 1 N–H and O–H groups in total. The first kappa shape index (κ1) is 57.1. The first-order valence-electron chi connectivity index (χ1n) is 26.0. The van der Waals surface area contributed by atoms with E-state index in [1.54, 1.807) is 0 Å². The highest BCUT2D eigenvalue weighted by Crippen LogP contribution is 2.17. The van der Waals surface area contributed by atoms with E-state index in [0.717, 1.165) is 51.4 Å². The quantitative estimate of drug-likeness (QED) is 0.0376. The lowest BCUT2D eigenvalue weighted by Gasteiger charge is -2.15. The first-order valence-corrected chi connectivity index (χ1v) is 26.0. The molecule has 0 rings (SSSR count). The topological polar surface area (TPSA) is 72.8 Å². The Hall–Kier alpha value is -1.88. The molecule has 0 aromatic rings. The number of aliphatic hydroxyl groups excluding tert-OH is 1. The lowest BCUT2D eigenvalue weighted by Crippen LogP contribution is -2.28. The van der Waals surface area contributed by atoms with E-state index in [0.29, 0.717) is 12.8 Å². The van der Waals surface area contributed by atoms with Crippen LogP contribution in [-0.2, 0) is 19.1 Å². The van der Waals surface area contributed by atoms with E-state index in [2.05, 4.69) is 50.3 Å². The monoisotopic (exact) mass is 829 g/mol. The second-order valence-electron chi connectivity index (χ2n) is 17.6. The normalized spacial score (nSPS) is 12.4. The highest BCUT2D eigenvalue weighted by molar-refractivity contribution is 5.70. The third-order valence-electron chi connectivity index (χ3n) is 11.7. The van der Waals surface area contributed by atoms with E-state index in [1.165, 1.54) is 199 Å². The Bertz CT molecular complexity index is 939. The molecule has 0 spiro atoms. The Balaban J connectivity index is 3.33. The summed E-state index contributed by atoms with van der Waals surface area (Å²) in [6, 6.07) is 0. The number of ether oxygens (including phenoxy) is 2. The number of allylic oxidation sites excluding steroid dienone is 6. The number of esters is 2. The predicted molar refractivity (Wildman–Crippen MR) is 256 cm³/mol. The van der Waals surface area contributed by atoms with Gasteiger partial charge in [-0.05, 0) is 51.4 Å². The highest BCUT2D eigenvalue weighted by atomic mass is 16.6. The second-order valence-corrected chi connectivity index (χ2v) is 17.6. The molecule has 0 bridgehead atoms. The van der Waals surface area contributed by atoms with Gasteiger partial charge in [-0.2, -0.15) is 0 Å². The highest BCUT2D eigenvalue weighted by Gasteiger charge is 2.16. The zero-order valence-corrected chi connectivity index (χ0v) is 39.5. The van der Waals surface area contributed by atoms with Gasteiger partial charge in [-0.15, -0.1) is 0 Å². The fraction of sp³-hybridized carbons (Fsp3) is 0.852. The molecule has 346 valence electrons. The Morgan fingerprint density at radius 3 is 1.02 bits per heavy atom. The van der Waals surface area contributed by atoms with Crippen molar-refractivity contribution in [1.82, 2.24) is 0 Å². The van der Waals surface area contributed by atoms with Crippen LogP contribution in [0.5, 0.6) is 0 Å². The van der Waals surface area contributed by atoms with Gasteiger partial charge in [0.25, 0.3) is 0 Å². The Labute approximate surface area is 367 Å². The molecule has 0 aromatic heterocycles. The van der Waals surface area contributed by atoms with Gasteiger partial charge >= 0.3 is 11.9 Å². The third kappa shape index (κ3) is 48.7. The van der Waals surface area contributed by atoms with Crippen LogP contribution in [0.4, 0.5) is 0 Å². The summed E-state index contributed by atoms with van der Waals surface area (Å²) in [7, 11) is 0. The number of hydrogen-bond acceptors (Lipinski definition) is 5. The average Bonchev–Trinajstić information content (AvgIpc) is 3.24. The van der Waals surface area contributed by atoms with Gasteiger partial charge in [0.05, 0.1) is 6.61 Å². The standard InChI is InChI=1S/C54H100O5/c1-3-5-7-9-11-12-13-14-15-16-17-18-19-20-21-22-23-24-25-26-27-28-29-30-31-32-33-34-35-36-37-38-39-40-41-42-43-45-47-49-54(57)59-52(50-55)51-58-53(56)48-46-44-10-8-6-4-2/h13-14,16-17,19-20,52,55H,3-12,15,18,21-51H2,1-2H3/b14-13-,17-16-,20-19-. The second kappa shape index (κ2) is 50.5. The van der Waals surface area contributed by atoms with Crippen LogP contribution in [0.15, 0.2) is 36.5 Å². The molecule has 0 saturated carbocycles. The maximum Gasteiger partial charge on any atom is 0.306 e. The largest absolute Gasteiger partial charge is 0.462 e. The van der Waals surface area contributed by atoms with Crippen molar-refractivity contribution in [3.8, 4) is 0 Å². The predicted octanol–water partition coefficient (Wildman–Crippen LogP) is 17.1. The van der Waals surface area contributed by atoms with Crippen molar-refractivity contribution in [2.75, 3.05) is 13.2 Å². The van der Waals surface area contributed by atoms with Gasteiger partial charge in [0, 0.05) is 12.8 Å².